The third-order valence-corrected chi connectivity index (χ3v) is 1.27. The van der Waals surface area contributed by atoms with Gasteiger partial charge < -0.3 is 9.47 Å². The molecule has 15 heavy (non-hydrogen) atoms. The number of ether oxygens (including phenoxy) is 2. The van der Waals surface area contributed by atoms with Crippen molar-refractivity contribution in [2.75, 3.05) is 6.61 Å². The minimum atomic E-state index is -0.528. The van der Waals surface area contributed by atoms with Crippen LogP contribution in [-0.2, 0) is 19.1 Å². The van der Waals surface area contributed by atoms with Gasteiger partial charge in [0.25, 0.3) is 0 Å². The fourth-order valence-electron chi connectivity index (χ4n) is 0.791. The van der Waals surface area contributed by atoms with Crippen molar-refractivity contribution < 1.29 is 19.1 Å². The highest BCUT2D eigenvalue weighted by atomic mass is 16.6. The van der Waals surface area contributed by atoms with E-state index in [0.717, 1.165) is 0 Å². The molecule has 0 heterocycles. The van der Waals surface area contributed by atoms with Gasteiger partial charge in [-0.15, -0.1) is 6.42 Å². The highest BCUT2D eigenvalue weighted by molar-refractivity contribution is 5.77. The van der Waals surface area contributed by atoms with Crippen molar-refractivity contribution in [1.29, 1.82) is 0 Å². The van der Waals surface area contributed by atoms with E-state index in [1.54, 1.807) is 20.8 Å². The Bertz CT molecular complexity index is 267. The Morgan fingerprint density at radius 1 is 1.20 bits per heavy atom. The first kappa shape index (κ1) is 13.5. The summed E-state index contributed by atoms with van der Waals surface area (Å²) in [4.78, 5) is 22.1. The number of esters is 2. The summed E-state index contributed by atoms with van der Waals surface area (Å²) in [7, 11) is 0. The fourth-order valence-corrected chi connectivity index (χ4v) is 0.791. The summed E-state index contributed by atoms with van der Waals surface area (Å²) in [5.41, 5.74) is -0.528. The van der Waals surface area contributed by atoms with Gasteiger partial charge in [0.15, 0.2) is 6.61 Å². The van der Waals surface area contributed by atoms with Crippen LogP contribution in [0.4, 0.5) is 0 Å². The average Bonchev–Trinajstić information content (AvgIpc) is 2.08. The van der Waals surface area contributed by atoms with Crippen molar-refractivity contribution in [3.8, 4) is 12.3 Å². The maximum atomic E-state index is 11.2. The van der Waals surface area contributed by atoms with E-state index in [4.69, 9.17) is 11.2 Å². The van der Waals surface area contributed by atoms with Crippen LogP contribution in [0.5, 0.6) is 0 Å². The van der Waals surface area contributed by atoms with E-state index in [9.17, 15) is 9.59 Å². The Labute approximate surface area is 89.9 Å². The second-order valence-corrected chi connectivity index (χ2v) is 3.95. The van der Waals surface area contributed by atoms with Crippen molar-refractivity contribution in [2.45, 2.75) is 39.2 Å². The van der Waals surface area contributed by atoms with Gasteiger partial charge >= 0.3 is 11.9 Å². The van der Waals surface area contributed by atoms with Crippen LogP contribution in [-0.4, -0.2) is 24.1 Å². The molecule has 0 aromatic heterocycles. The molecule has 0 aliphatic rings. The molecule has 0 aromatic carbocycles. The number of terminal acetylenes is 1. The van der Waals surface area contributed by atoms with Crippen molar-refractivity contribution in [3.05, 3.63) is 0 Å². The molecule has 0 aliphatic heterocycles. The number of carbonyl (C=O) groups excluding carboxylic acids is 2. The lowest BCUT2D eigenvalue weighted by Gasteiger charge is -2.19. The standard InChI is InChI=1S/C11H16O4/c1-5-8-14-9(12)6-7-10(13)15-11(2,3)4/h1H,6-8H2,2-4H3. The van der Waals surface area contributed by atoms with E-state index in [0.29, 0.717) is 0 Å². The van der Waals surface area contributed by atoms with E-state index in [1.807, 2.05) is 0 Å². The van der Waals surface area contributed by atoms with Crippen LogP contribution in [0.2, 0.25) is 0 Å². The second kappa shape index (κ2) is 6.07. The van der Waals surface area contributed by atoms with Gasteiger partial charge in [-0.05, 0) is 20.8 Å². The molecule has 4 heteroatoms. The van der Waals surface area contributed by atoms with Crippen molar-refractivity contribution >= 4 is 11.9 Å². The Morgan fingerprint density at radius 3 is 2.20 bits per heavy atom. The summed E-state index contributed by atoms with van der Waals surface area (Å²) < 4.78 is 9.59. The van der Waals surface area contributed by atoms with Gasteiger partial charge in [0.2, 0.25) is 0 Å². The molecule has 0 bridgehead atoms. The summed E-state index contributed by atoms with van der Waals surface area (Å²) in [6.45, 7) is 5.23. The summed E-state index contributed by atoms with van der Waals surface area (Å²) >= 11 is 0. The van der Waals surface area contributed by atoms with Crippen LogP contribution in [0.25, 0.3) is 0 Å². The van der Waals surface area contributed by atoms with E-state index in [1.165, 1.54) is 0 Å². The number of rotatable bonds is 4. The zero-order chi connectivity index (χ0) is 11.9. The zero-order valence-electron chi connectivity index (χ0n) is 9.33. The first-order chi connectivity index (χ1) is 6.85. The van der Waals surface area contributed by atoms with Gasteiger partial charge in [0.1, 0.15) is 5.60 Å². The van der Waals surface area contributed by atoms with Crippen LogP contribution in [0.3, 0.4) is 0 Å². The third-order valence-electron chi connectivity index (χ3n) is 1.27. The Kier molecular flexibility index (Phi) is 5.46. The summed E-state index contributed by atoms with van der Waals surface area (Å²) in [6.07, 6.45) is 4.91. The molecule has 0 fully saturated rings. The normalized spacial score (nSPS) is 10.3. The monoisotopic (exact) mass is 212 g/mol. The summed E-state index contributed by atoms with van der Waals surface area (Å²) in [5.74, 6) is 1.26. The number of hydrogen-bond acceptors (Lipinski definition) is 4. The SMILES string of the molecule is C#CCOC(=O)CCC(=O)OC(C)(C)C. The molecule has 84 valence electrons. The first-order valence-electron chi connectivity index (χ1n) is 4.66. The lowest BCUT2D eigenvalue weighted by Crippen LogP contribution is -2.24. The van der Waals surface area contributed by atoms with Crippen LogP contribution in [0.15, 0.2) is 0 Å². The molecule has 0 N–H and O–H groups in total. The van der Waals surface area contributed by atoms with Crippen LogP contribution >= 0.6 is 0 Å². The Hall–Kier alpha value is -1.50. The van der Waals surface area contributed by atoms with E-state index >= 15 is 0 Å². The quantitative estimate of drug-likeness (QED) is 0.520. The molecule has 0 saturated carbocycles. The molecule has 0 radical (unpaired) electrons. The molecule has 0 spiro atoms. The molecule has 0 amide bonds. The maximum absolute atomic E-state index is 11.2. The molecule has 0 aromatic rings. The van der Waals surface area contributed by atoms with Crippen LogP contribution < -0.4 is 0 Å². The maximum Gasteiger partial charge on any atom is 0.307 e. The Morgan fingerprint density at radius 2 is 1.73 bits per heavy atom. The van der Waals surface area contributed by atoms with Crippen molar-refractivity contribution in [1.82, 2.24) is 0 Å². The average molecular weight is 212 g/mol. The van der Waals surface area contributed by atoms with Gasteiger partial charge in [-0.3, -0.25) is 9.59 Å². The van der Waals surface area contributed by atoms with Gasteiger partial charge in [-0.25, -0.2) is 0 Å². The van der Waals surface area contributed by atoms with Crippen molar-refractivity contribution in [3.63, 3.8) is 0 Å². The molecule has 0 rings (SSSR count). The lowest BCUT2D eigenvalue weighted by atomic mass is 10.2. The molecular weight excluding hydrogens is 196 g/mol. The minimum Gasteiger partial charge on any atom is -0.460 e. The van der Waals surface area contributed by atoms with E-state index < -0.39 is 17.5 Å². The predicted molar refractivity (Wildman–Crippen MR) is 54.9 cm³/mol. The first-order valence-corrected chi connectivity index (χ1v) is 4.66. The third kappa shape index (κ3) is 8.82. The van der Waals surface area contributed by atoms with Gasteiger partial charge in [-0.1, -0.05) is 5.92 Å². The molecule has 0 atom stereocenters. The van der Waals surface area contributed by atoms with Gasteiger partial charge in [0, 0.05) is 0 Å². The van der Waals surface area contributed by atoms with Crippen LogP contribution in [0.1, 0.15) is 33.6 Å². The second-order valence-electron chi connectivity index (χ2n) is 3.95. The smallest absolute Gasteiger partial charge is 0.307 e. The van der Waals surface area contributed by atoms with Gasteiger partial charge in [0.05, 0.1) is 12.8 Å². The predicted octanol–water partition coefficient (Wildman–Crippen LogP) is 1.28. The summed E-state index contributed by atoms with van der Waals surface area (Å²) in [6, 6.07) is 0. The topological polar surface area (TPSA) is 52.6 Å². The number of hydrogen-bond donors (Lipinski definition) is 0. The lowest BCUT2D eigenvalue weighted by molar-refractivity contribution is -0.157. The Balaban J connectivity index is 3.73. The molecule has 0 unspecified atom stereocenters. The number of carbonyl (C=O) groups is 2. The van der Waals surface area contributed by atoms with Crippen LogP contribution in [0, 0.1) is 12.3 Å². The molecular formula is C11H16O4. The highest BCUT2D eigenvalue weighted by Gasteiger charge is 2.17. The largest absolute Gasteiger partial charge is 0.460 e. The summed E-state index contributed by atoms with van der Waals surface area (Å²) in [5, 5.41) is 0. The highest BCUT2D eigenvalue weighted by Crippen LogP contribution is 2.09. The van der Waals surface area contributed by atoms with E-state index in [2.05, 4.69) is 10.7 Å². The minimum absolute atomic E-state index is 0.00338. The fraction of sp³-hybridized carbons (Fsp3) is 0.636. The molecule has 0 aliphatic carbocycles. The zero-order valence-corrected chi connectivity index (χ0v) is 9.33. The van der Waals surface area contributed by atoms with E-state index in [-0.39, 0.29) is 19.4 Å². The molecule has 4 nitrogen and oxygen atoms in total. The van der Waals surface area contributed by atoms with Crippen molar-refractivity contribution in [2.24, 2.45) is 0 Å². The van der Waals surface area contributed by atoms with Gasteiger partial charge in [-0.2, -0.15) is 0 Å². The molecule has 0 saturated heterocycles.